The molecule has 0 aliphatic heterocycles. The molecule has 0 heterocycles. The molecule has 0 aromatic rings. The van der Waals surface area contributed by atoms with Gasteiger partial charge in [0.25, 0.3) is 0 Å². The molecule has 1 saturated carbocycles. The van der Waals surface area contributed by atoms with Crippen molar-refractivity contribution in [3.63, 3.8) is 0 Å². The number of hydrogen-bond acceptors (Lipinski definition) is 1. The van der Waals surface area contributed by atoms with Gasteiger partial charge in [-0.15, -0.1) is 0 Å². The Morgan fingerprint density at radius 2 is 1.94 bits per heavy atom. The third-order valence-electron chi connectivity index (χ3n) is 3.88. The number of hydrogen-bond donors (Lipinski definition) is 1. The van der Waals surface area contributed by atoms with Gasteiger partial charge in [0.1, 0.15) is 0 Å². The highest BCUT2D eigenvalue weighted by atomic mass is 14.9. The Morgan fingerprint density at radius 3 is 2.47 bits per heavy atom. The van der Waals surface area contributed by atoms with Crippen LogP contribution in [0.1, 0.15) is 60.3 Å². The Kier molecular flexibility index (Phi) is 6.26. The summed E-state index contributed by atoms with van der Waals surface area (Å²) in [5.74, 6) is 2.44. The number of allylic oxidation sites excluding steroid dienone is 1. The largest absolute Gasteiger partial charge is 0.311 e. The van der Waals surface area contributed by atoms with Crippen molar-refractivity contribution < 1.29 is 0 Å². The Labute approximate surface area is 108 Å². The highest BCUT2D eigenvalue weighted by Crippen LogP contribution is 2.30. The van der Waals surface area contributed by atoms with Crippen molar-refractivity contribution in [2.75, 3.05) is 6.54 Å². The van der Waals surface area contributed by atoms with E-state index >= 15 is 0 Å². The van der Waals surface area contributed by atoms with Gasteiger partial charge in [-0.1, -0.05) is 59.1 Å². The van der Waals surface area contributed by atoms with E-state index in [1.807, 2.05) is 0 Å². The Morgan fingerprint density at radius 1 is 1.24 bits per heavy atom. The van der Waals surface area contributed by atoms with E-state index in [4.69, 9.17) is 0 Å². The molecule has 1 aliphatic carbocycles. The molecule has 2 atom stereocenters. The molecule has 17 heavy (non-hydrogen) atoms. The van der Waals surface area contributed by atoms with E-state index < -0.39 is 0 Å². The standard InChI is InChI=1S/C16H31N/c1-12(2)16(11-17-13(3)4)10-15-8-6-7-14(5)9-15/h10,12-15,17H,6-9,11H2,1-5H3/b16-10+. The second-order valence-corrected chi connectivity index (χ2v) is 6.46. The lowest BCUT2D eigenvalue weighted by Crippen LogP contribution is -2.27. The average Bonchev–Trinajstić information content (AvgIpc) is 2.23. The van der Waals surface area contributed by atoms with E-state index in [0.717, 1.165) is 18.4 Å². The van der Waals surface area contributed by atoms with Gasteiger partial charge in [-0.3, -0.25) is 0 Å². The average molecular weight is 237 g/mol. The van der Waals surface area contributed by atoms with E-state index in [0.29, 0.717) is 12.0 Å². The molecule has 0 radical (unpaired) electrons. The summed E-state index contributed by atoms with van der Waals surface area (Å²) < 4.78 is 0. The van der Waals surface area contributed by atoms with E-state index in [1.54, 1.807) is 5.57 Å². The van der Waals surface area contributed by atoms with Gasteiger partial charge in [0.05, 0.1) is 0 Å². The third kappa shape index (κ3) is 5.72. The van der Waals surface area contributed by atoms with E-state index in [-0.39, 0.29) is 0 Å². The van der Waals surface area contributed by atoms with Gasteiger partial charge in [0.15, 0.2) is 0 Å². The first-order chi connectivity index (χ1) is 7.99. The first-order valence-corrected chi connectivity index (χ1v) is 7.43. The van der Waals surface area contributed by atoms with Gasteiger partial charge in [0, 0.05) is 12.6 Å². The fourth-order valence-corrected chi connectivity index (χ4v) is 2.71. The molecule has 0 amide bonds. The summed E-state index contributed by atoms with van der Waals surface area (Å²) in [6.45, 7) is 12.6. The summed E-state index contributed by atoms with van der Waals surface area (Å²) in [6.07, 6.45) is 8.24. The summed E-state index contributed by atoms with van der Waals surface area (Å²) >= 11 is 0. The van der Waals surface area contributed by atoms with Gasteiger partial charge in [0.2, 0.25) is 0 Å². The predicted octanol–water partition coefficient (Wildman–Crippen LogP) is 4.39. The van der Waals surface area contributed by atoms with Crippen molar-refractivity contribution in [2.24, 2.45) is 17.8 Å². The van der Waals surface area contributed by atoms with Crippen LogP contribution in [0.5, 0.6) is 0 Å². The van der Waals surface area contributed by atoms with Crippen molar-refractivity contribution in [2.45, 2.75) is 66.3 Å². The molecular weight excluding hydrogens is 206 g/mol. The van der Waals surface area contributed by atoms with E-state index in [1.165, 1.54) is 25.7 Å². The van der Waals surface area contributed by atoms with Crippen LogP contribution in [0.2, 0.25) is 0 Å². The molecule has 1 fully saturated rings. The lowest BCUT2D eigenvalue weighted by molar-refractivity contribution is 0.323. The molecule has 0 bridgehead atoms. The molecule has 1 nitrogen and oxygen atoms in total. The van der Waals surface area contributed by atoms with Gasteiger partial charge >= 0.3 is 0 Å². The Balaban J connectivity index is 2.55. The highest BCUT2D eigenvalue weighted by Gasteiger charge is 2.18. The predicted molar refractivity (Wildman–Crippen MR) is 77.2 cm³/mol. The normalized spacial score (nSPS) is 26.9. The maximum absolute atomic E-state index is 3.56. The minimum absolute atomic E-state index is 0.586. The smallest absolute Gasteiger partial charge is 0.0169 e. The molecule has 1 aliphatic rings. The zero-order valence-corrected chi connectivity index (χ0v) is 12.4. The minimum Gasteiger partial charge on any atom is -0.311 e. The molecule has 0 aromatic heterocycles. The van der Waals surface area contributed by atoms with Gasteiger partial charge in [-0.25, -0.2) is 0 Å². The zero-order chi connectivity index (χ0) is 12.8. The second kappa shape index (κ2) is 7.20. The SMILES string of the molecule is CC1CCCC(/C=C(\CNC(C)C)C(C)C)C1. The van der Waals surface area contributed by atoms with Crippen molar-refractivity contribution >= 4 is 0 Å². The van der Waals surface area contributed by atoms with Crippen molar-refractivity contribution in [3.05, 3.63) is 11.6 Å². The van der Waals surface area contributed by atoms with Crippen LogP contribution in [-0.4, -0.2) is 12.6 Å². The molecule has 2 unspecified atom stereocenters. The molecule has 1 heteroatoms. The Bertz CT molecular complexity index is 240. The maximum Gasteiger partial charge on any atom is 0.0169 e. The Hall–Kier alpha value is -0.300. The fourth-order valence-electron chi connectivity index (χ4n) is 2.71. The van der Waals surface area contributed by atoms with Crippen LogP contribution in [-0.2, 0) is 0 Å². The lowest BCUT2D eigenvalue weighted by Gasteiger charge is -2.26. The molecule has 0 spiro atoms. The van der Waals surface area contributed by atoms with Crippen LogP contribution >= 0.6 is 0 Å². The van der Waals surface area contributed by atoms with Crippen LogP contribution < -0.4 is 5.32 Å². The fraction of sp³-hybridized carbons (Fsp3) is 0.875. The first-order valence-electron chi connectivity index (χ1n) is 7.43. The zero-order valence-electron chi connectivity index (χ0n) is 12.4. The number of rotatable bonds is 5. The third-order valence-corrected chi connectivity index (χ3v) is 3.88. The van der Waals surface area contributed by atoms with Crippen molar-refractivity contribution in [3.8, 4) is 0 Å². The van der Waals surface area contributed by atoms with E-state index in [9.17, 15) is 0 Å². The van der Waals surface area contributed by atoms with Crippen LogP contribution in [0.25, 0.3) is 0 Å². The molecule has 0 saturated heterocycles. The van der Waals surface area contributed by atoms with Crippen molar-refractivity contribution in [1.82, 2.24) is 5.32 Å². The molecule has 1 N–H and O–H groups in total. The summed E-state index contributed by atoms with van der Waals surface area (Å²) in [5.41, 5.74) is 1.61. The minimum atomic E-state index is 0.586. The highest BCUT2D eigenvalue weighted by molar-refractivity contribution is 5.10. The number of nitrogens with one attached hydrogen (secondary N) is 1. The van der Waals surface area contributed by atoms with Crippen LogP contribution in [0.3, 0.4) is 0 Å². The topological polar surface area (TPSA) is 12.0 Å². The molecule has 100 valence electrons. The van der Waals surface area contributed by atoms with Gasteiger partial charge < -0.3 is 5.32 Å². The van der Waals surface area contributed by atoms with Crippen LogP contribution in [0, 0.1) is 17.8 Å². The van der Waals surface area contributed by atoms with Crippen LogP contribution in [0.4, 0.5) is 0 Å². The van der Waals surface area contributed by atoms with Gasteiger partial charge in [-0.2, -0.15) is 0 Å². The monoisotopic (exact) mass is 237 g/mol. The summed E-state index contributed by atoms with van der Waals surface area (Å²) in [7, 11) is 0. The maximum atomic E-state index is 3.56. The van der Waals surface area contributed by atoms with Gasteiger partial charge in [-0.05, 0) is 30.6 Å². The quantitative estimate of drug-likeness (QED) is 0.699. The summed E-state index contributed by atoms with van der Waals surface area (Å²) in [5, 5.41) is 3.56. The molecule has 0 aromatic carbocycles. The molecule has 1 rings (SSSR count). The van der Waals surface area contributed by atoms with E-state index in [2.05, 4.69) is 46.0 Å². The van der Waals surface area contributed by atoms with Crippen molar-refractivity contribution in [1.29, 1.82) is 0 Å². The first kappa shape index (κ1) is 14.8. The summed E-state index contributed by atoms with van der Waals surface area (Å²) in [4.78, 5) is 0. The molecular formula is C16H31N. The van der Waals surface area contributed by atoms with Crippen LogP contribution in [0.15, 0.2) is 11.6 Å². The lowest BCUT2D eigenvalue weighted by atomic mass is 9.81. The second-order valence-electron chi connectivity index (χ2n) is 6.46. The summed E-state index contributed by atoms with van der Waals surface area (Å²) in [6, 6.07) is 0.586.